The Labute approximate surface area is 140 Å². The Kier molecular flexibility index (Phi) is 3.66. The zero-order valence-corrected chi connectivity index (χ0v) is 13.4. The van der Waals surface area contributed by atoms with E-state index in [-0.39, 0.29) is 22.0 Å². The summed E-state index contributed by atoms with van der Waals surface area (Å²) < 4.78 is 9.15. The van der Waals surface area contributed by atoms with Crippen LogP contribution in [0.5, 0.6) is 0 Å². The number of imide groups is 2. The highest BCUT2D eigenvalue weighted by atomic mass is 16.8. The van der Waals surface area contributed by atoms with E-state index in [2.05, 4.69) is 19.8 Å². The van der Waals surface area contributed by atoms with Crippen LogP contribution in [0.1, 0.15) is 11.6 Å². The third-order valence-electron chi connectivity index (χ3n) is 4.16. The Morgan fingerprint density at radius 3 is 2.44 bits per heavy atom. The molecule has 4 amide bonds. The molecule has 1 fully saturated rings. The molecular formula is C13H13N5O7. The zero-order valence-electron chi connectivity index (χ0n) is 13.4. The van der Waals surface area contributed by atoms with Crippen LogP contribution >= 0.6 is 0 Å². The van der Waals surface area contributed by atoms with E-state index >= 15 is 0 Å². The van der Waals surface area contributed by atoms with Gasteiger partial charge in [0.2, 0.25) is 17.5 Å². The van der Waals surface area contributed by atoms with E-state index in [4.69, 9.17) is 0 Å². The summed E-state index contributed by atoms with van der Waals surface area (Å²) in [4.78, 5) is 50.7. The SMILES string of the molecule is COC(=O)C1=CNc2no[n+]([O-])c2C1C1C(=O)N(C)C(=O)N(C)C1=O. The second-order valence-electron chi connectivity index (χ2n) is 5.43. The highest BCUT2D eigenvalue weighted by Crippen LogP contribution is 2.40. The number of hydrogen-bond donors (Lipinski definition) is 1. The van der Waals surface area contributed by atoms with Crippen molar-refractivity contribution < 1.29 is 33.4 Å². The number of carbonyl (C=O) groups is 4. The first-order chi connectivity index (χ1) is 11.8. The third kappa shape index (κ3) is 2.21. The fraction of sp³-hybridized carbons (Fsp3) is 0.385. The molecular weight excluding hydrogens is 338 g/mol. The van der Waals surface area contributed by atoms with Gasteiger partial charge in [0.1, 0.15) is 5.92 Å². The first-order valence-electron chi connectivity index (χ1n) is 7.03. The standard InChI is InChI=1S/C13H13N5O7/c1-16-10(19)7(11(20)17(2)13(16)22)6-5(12(21)24-3)4-14-9-8(6)18(23)25-15-9/h4,6-7H,1-3H3,(H,14,15). The molecule has 3 heterocycles. The molecule has 12 nitrogen and oxygen atoms in total. The Morgan fingerprint density at radius 1 is 1.28 bits per heavy atom. The number of anilines is 1. The number of methoxy groups -OCH3 is 1. The van der Waals surface area contributed by atoms with Crippen molar-refractivity contribution in [3.63, 3.8) is 0 Å². The number of urea groups is 1. The fourth-order valence-corrected chi connectivity index (χ4v) is 2.86. The maximum atomic E-state index is 12.6. The lowest BCUT2D eigenvalue weighted by Crippen LogP contribution is -2.59. The molecule has 0 aromatic carbocycles. The molecule has 0 spiro atoms. The highest BCUT2D eigenvalue weighted by molar-refractivity contribution is 6.17. The largest absolute Gasteiger partial charge is 0.466 e. The molecule has 1 saturated heterocycles. The molecule has 0 aliphatic carbocycles. The molecule has 2 aliphatic rings. The van der Waals surface area contributed by atoms with Gasteiger partial charge in [-0.25, -0.2) is 9.59 Å². The van der Waals surface area contributed by atoms with E-state index in [0.29, 0.717) is 0 Å². The van der Waals surface area contributed by atoms with Crippen molar-refractivity contribution >= 4 is 29.6 Å². The first-order valence-corrected chi connectivity index (χ1v) is 7.03. The van der Waals surface area contributed by atoms with Gasteiger partial charge in [0.25, 0.3) is 0 Å². The van der Waals surface area contributed by atoms with Gasteiger partial charge in [-0.3, -0.25) is 24.0 Å². The van der Waals surface area contributed by atoms with Crippen molar-refractivity contribution in [1.29, 1.82) is 0 Å². The van der Waals surface area contributed by atoms with E-state index in [1.165, 1.54) is 20.3 Å². The molecule has 2 aliphatic heterocycles. The number of hydrogen-bond acceptors (Lipinski definition) is 9. The second kappa shape index (κ2) is 5.58. The van der Waals surface area contributed by atoms with Gasteiger partial charge in [-0.1, -0.05) is 0 Å². The van der Waals surface area contributed by atoms with Crippen LogP contribution in [0.2, 0.25) is 0 Å². The number of esters is 1. The first kappa shape index (κ1) is 16.4. The summed E-state index contributed by atoms with van der Waals surface area (Å²) in [6.07, 6.45) is 1.18. The maximum Gasteiger partial charge on any atom is 0.336 e. The van der Waals surface area contributed by atoms with E-state index < -0.39 is 35.7 Å². The zero-order chi connectivity index (χ0) is 18.5. The van der Waals surface area contributed by atoms with Gasteiger partial charge in [0.05, 0.1) is 23.8 Å². The summed E-state index contributed by atoms with van der Waals surface area (Å²) in [7, 11) is 3.51. The van der Waals surface area contributed by atoms with Crippen LogP contribution in [0.4, 0.5) is 10.6 Å². The van der Waals surface area contributed by atoms with Crippen LogP contribution in [0.25, 0.3) is 0 Å². The van der Waals surface area contributed by atoms with Crippen molar-refractivity contribution in [2.45, 2.75) is 5.92 Å². The maximum absolute atomic E-state index is 12.6. The van der Waals surface area contributed by atoms with Gasteiger partial charge in [0.15, 0.2) is 0 Å². The Morgan fingerprint density at radius 2 is 1.88 bits per heavy atom. The summed E-state index contributed by atoms with van der Waals surface area (Å²) in [6.45, 7) is 0. The summed E-state index contributed by atoms with van der Waals surface area (Å²) in [5.74, 6) is -5.48. The van der Waals surface area contributed by atoms with Crippen LogP contribution < -0.4 is 10.2 Å². The number of barbiturate groups is 1. The average molecular weight is 351 g/mol. The van der Waals surface area contributed by atoms with Crippen LogP contribution in [0.15, 0.2) is 16.4 Å². The molecule has 1 atom stereocenters. The van der Waals surface area contributed by atoms with Crippen molar-refractivity contribution in [3.05, 3.63) is 22.7 Å². The van der Waals surface area contributed by atoms with Crippen LogP contribution in [-0.4, -0.2) is 60.0 Å². The summed E-state index contributed by atoms with van der Waals surface area (Å²) in [5.41, 5.74) is -0.378. The number of carbonyl (C=O) groups excluding carboxylic acids is 4. The molecule has 0 radical (unpaired) electrons. The van der Waals surface area contributed by atoms with Crippen molar-refractivity contribution in [1.82, 2.24) is 15.0 Å². The molecule has 1 unspecified atom stereocenters. The van der Waals surface area contributed by atoms with Gasteiger partial charge in [-0.15, -0.1) is 0 Å². The molecule has 1 aromatic rings. The number of aromatic nitrogens is 2. The van der Waals surface area contributed by atoms with E-state index in [1.807, 2.05) is 0 Å². The quantitative estimate of drug-likeness (QED) is 0.383. The Balaban J connectivity index is 2.17. The number of nitrogens with zero attached hydrogens (tertiary/aromatic N) is 4. The molecule has 0 saturated carbocycles. The molecule has 1 N–H and O–H groups in total. The second-order valence-corrected chi connectivity index (χ2v) is 5.43. The minimum atomic E-state index is -1.53. The smallest absolute Gasteiger partial charge is 0.336 e. The number of fused-ring (bicyclic) bond motifs is 1. The van der Waals surface area contributed by atoms with E-state index in [1.54, 1.807) is 0 Å². The van der Waals surface area contributed by atoms with Crippen LogP contribution in [0, 0.1) is 11.1 Å². The minimum absolute atomic E-state index is 0.0000723. The predicted molar refractivity (Wildman–Crippen MR) is 76.4 cm³/mol. The molecule has 132 valence electrons. The molecule has 1 aromatic heterocycles. The molecule has 0 bridgehead atoms. The average Bonchev–Trinajstić information content (AvgIpc) is 2.99. The highest BCUT2D eigenvalue weighted by Gasteiger charge is 2.53. The molecule has 25 heavy (non-hydrogen) atoms. The van der Waals surface area contributed by atoms with E-state index in [9.17, 15) is 24.4 Å². The van der Waals surface area contributed by atoms with Crippen LogP contribution in [0.3, 0.4) is 0 Å². The Hall–Kier alpha value is -3.44. The topological polar surface area (TPSA) is 149 Å². The summed E-state index contributed by atoms with van der Waals surface area (Å²) >= 11 is 0. The van der Waals surface area contributed by atoms with Gasteiger partial charge >= 0.3 is 17.8 Å². The fourth-order valence-electron chi connectivity index (χ4n) is 2.86. The van der Waals surface area contributed by atoms with Crippen LogP contribution in [-0.2, 0) is 19.1 Å². The third-order valence-corrected chi connectivity index (χ3v) is 4.16. The number of rotatable bonds is 2. The predicted octanol–water partition coefficient (Wildman–Crippen LogP) is -1.46. The summed E-state index contributed by atoms with van der Waals surface area (Å²) in [5, 5.41) is 18.0. The van der Waals surface area contributed by atoms with E-state index in [0.717, 1.165) is 16.9 Å². The normalized spacial score (nSPS) is 21.0. The molecule has 3 rings (SSSR count). The lowest BCUT2D eigenvalue weighted by Gasteiger charge is -2.36. The number of nitrogens with one attached hydrogen (secondary N) is 1. The molecule has 12 heteroatoms. The minimum Gasteiger partial charge on any atom is -0.466 e. The lowest BCUT2D eigenvalue weighted by molar-refractivity contribution is -0.808. The van der Waals surface area contributed by atoms with Crippen molar-refractivity contribution in [2.24, 2.45) is 5.92 Å². The number of amides is 4. The Bertz CT molecular complexity index is 805. The summed E-state index contributed by atoms with van der Waals surface area (Å²) in [6, 6.07) is -0.815. The lowest BCUT2D eigenvalue weighted by atomic mass is 9.79. The number of ether oxygens (including phenoxy) is 1. The van der Waals surface area contributed by atoms with Gasteiger partial charge < -0.3 is 15.3 Å². The van der Waals surface area contributed by atoms with Gasteiger partial charge in [-0.05, 0) is 4.90 Å². The monoisotopic (exact) mass is 351 g/mol. The van der Waals surface area contributed by atoms with Crippen molar-refractivity contribution in [2.75, 3.05) is 26.5 Å². The van der Waals surface area contributed by atoms with Gasteiger partial charge in [-0.2, -0.15) is 0 Å². The van der Waals surface area contributed by atoms with Gasteiger partial charge in [0, 0.05) is 20.3 Å². The van der Waals surface area contributed by atoms with Crippen molar-refractivity contribution in [3.8, 4) is 0 Å².